The Morgan fingerprint density at radius 2 is 2.11 bits per heavy atom. The summed E-state index contributed by atoms with van der Waals surface area (Å²) in [5.41, 5.74) is 1.24. The number of methoxy groups -OCH3 is 1. The van der Waals surface area contributed by atoms with Gasteiger partial charge in [0, 0.05) is 19.7 Å². The van der Waals surface area contributed by atoms with Crippen LogP contribution in [0.4, 0.5) is 10.6 Å². The number of aryl methyl sites for hydroxylation is 1. The maximum Gasteiger partial charge on any atom is 0.356 e. The van der Waals surface area contributed by atoms with Crippen LogP contribution >= 0.6 is 11.3 Å². The van der Waals surface area contributed by atoms with Crippen LogP contribution in [0.5, 0.6) is 0 Å². The second-order valence-electron chi connectivity index (χ2n) is 6.68. The van der Waals surface area contributed by atoms with Gasteiger partial charge in [0.25, 0.3) is 0 Å². The first-order chi connectivity index (χ1) is 13.6. The number of anilines is 1. The van der Waals surface area contributed by atoms with E-state index in [2.05, 4.69) is 10.4 Å². The van der Waals surface area contributed by atoms with Gasteiger partial charge in [-0.1, -0.05) is 12.1 Å². The van der Waals surface area contributed by atoms with Crippen molar-refractivity contribution in [1.82, 2.24) is 19.7 Å². The van der Waals surface area contributed by atoms with Crippen LogP contribution in [-0.2, 0) is 11.8 Å². The summed E-state index contributed by atoms with van der Waals surface area (Å²) in [5.74, 6) is -0.178. The molecule has 1 atom stereocenters. The Morgan fingerprint density at radius 1 is 1.29 bits per heavy atom. The molecule has 0 spiro atoms. The highest BCUT2D eigenvalue weighted by atomic mass is 32.1. The molecular weight excluding hydrogens is 378 g/mol. The first-order valence-electron chi connectivity index (χ1n) is 9.12. The van der Waals surface area contributed by atoms with E-state index in [-0.39, 0.29) is 17.8 Å². The van der Waals surface area contributed by atoms with Gasteiger partial charge in [0.2, 0.25) is 0 Å². The molecule has 1 aromatic carbocycles. The summed E-state index contributed by atoms with van der Waals surface area (Å²) in [4.78, 5) is 31.3. The number of ether oxygens (including phenoxy) is 1. The van der Waals surface area contributed by atoms with Gasteiger partial charge >= 0.3 is 12.0 Å². The second-order valence-corrected chi connectivity index (χ2v) is 7.75. The first-order valence-corrected chi connectivity index (χ1v) is 9.94. The van der Waals surface area contributed by atoms with Crippen LogP contribution in [0.2, 0.25) is 0 Å². The van der Waals surface area contributed by atoms with E-state index in [1.807, 2.05) is 29.2 Å². The normalized spacial score (nSPS) is 16.9. The SMILES string of the molecule is COC(=O)c1cc(NC(=O)N2CCCCC2c2nc3ccccc3s2)nn1C. The number of nitrogens with one attached hydrogen (secondary N) is 1. The summed E-state index contributed by atoms with van der Waals surface area (Å²) in [6.45, 7) is 0.656. The third kappa shape index (κ3) is 3.45. The molecule has 4 rings (SSSR count). The van der Waals surface area contributed by atoms with Crippen molar-refractivity contribution in [1.29, 1.82) is 0 Å². The molecule has 1 saturated heterocycles. The number of rotatable bonds is 3. The molecule has 1 aliphatic rings. The van der Waals surface area contributed by atoms with E-state index in [0.29, 0.717) is 12.4 Å². The van der Waals surface area contributed by atoms with Gasteiger partial charge in [-0.25, -0.2) is 14.6 Å². The minimum Gasteiger partial charge on any atom is -0.464 e. The highest BCUT2D eigenvalue weighted by molar-refractivity contribution is 7.18. The second kappa shape index (κ2) is 7.59. The summed E-state index contributed by atoms with van der Waals surface area (Å²) in [5, 5.41) is 7.95. The Bertz CT molecular complexity index is 995. The lowest BCUT2D eigenvalue weighted by atomic mass is 10.0. The topological polar surface area (TPSA) is 89.3 Å². The van der Waals surface area contributed by atoms with Gasteiger partial charge in [-0.3, -0.25) is 10.00 Å². The number of benzene rings is 1. The molecule has 0 bridgehead atoms. The van der Waals surface area contributed by atoms with E-state index in [0.717, 1.165) is 34.5 Å². The van der Waals surface area contributed by atoms with E-state index in [9.17, 15) is 9.59 Å². The number of amides is 2. The van der Waals surface area contributed by atoms with Crippen molar-refractivity contribution in [2.24, 2.45) is 7.05 Å². The summed E-state index contributed by atoms with van der Waals surface area (Å²) >= 11 is 1.63. The Balaban J connectivity index is 1.55. The van der Waals surface area contributed by atoms with Crippen LogP contribution in [0.3, 0.4) is 0 Å². The molecule has 3 aromatic rings. The van der Waals surface area contributed by atoms with E-state index in [4.69, 9.17) is 9.72 Å². The van der Waals surface area contributed by atoms with E-state index < -0.39 is 5.97 Å². The fraction of sp³-hybridized carbons (Fsp3) is 0.368. The third-order valence-electron chi connectivity index (χ3n) is 4.87. The van der Waals surface area contributed by atoms with Crippen LogP contribution in [0, 0.1) is 0 Å². The maximum atomic E-state index is 13.0. The van der Waals surface area contributed by atoms with Crippen molar-refractivity contribution >= 4 is 39.4 Å². The van der Waals surface area contributed by atoms with Gasteiger partial charge < -0.3 is 9.64 Å². The summed E-state index contributed by atoms with van der Waals surface area (Å²) in [6, 6.07) is 9.22. The Hall–Kier alpha value is -2.94. The number of carbonyl (C=O) groups is 2. The number of thiazole rings is 1. The van der Waals surface area contributed by atoms with Gasteiger partial charge in [0.05, 0.1) is 23.4 Å². The molecule has 3 heterocycles. The van der Waals surface area contributed by atoms with Crippen molar-refractivity contribution in [2.75, 3.05) is 19.0 Å². The molecule has 8 nitrogen and oxygen atoms in total. The number of hydrogen-bond acceptors (Lipinski definition) is 6. The largest absolute Gasteiger partial charge is 0.464 e. The minimum absolute atomic E-state index is 0.0602. The fourth-order valence-electron chi connectivity index (χ4n) is 3.47. The Kier molecular flexibility index (Phi) is 4.99. The van der Waals surface area contributed by atoms with E-state index in [1.165, 1.54) is 17.9 Å². The first kappa shape index (κ1) is 18.4. The smallest absolute Gasteiger partial charge is 0.356 e. The van der Waals surface area contributed by atoms with Crippen LogP contribution in [0.15, 0.2) is 30.3 Å². The molecule has 0 aliphatic carbocycles. The molecule has 2 aromatic heterocycles. The molecule has 1 N–H and O–H groups in total. The number of para-hydroxylation sites is 1. The molecule has 146 valence electrons. The fourth-order valence-corrected chi connectivity index (χ4v) is 4.58. The Morgan fingerprint density at radius 3 is 2.89 bits per heavy atom. The van der Waals surface area contributed by atoms with E-state index >= 15 is 0 Å². The summed E-state index contributed by atoms with van der Waals surface area (Å²) in [7, 11) is 2.94. The number of nitrogens with zero attached hydrogens (tertiary/aromatic N) is 4. The van der Waals surface area contributed by atoms with Gasteiger partial charge in [-0.2, -0.15) is 5.10 Å². The molecular formula is C19H21N5O3S. The molecule has 0 radical (unpaired) electrons. The average Bonchev–Trinajstić information content (AvgIpc) is 3.30. The monoisotopic (exact) mass is 399 g/mol. The van der Waals surface area contributed by atoms with Crippen LogP contribution in [-0.4, -0.2) is 45.3 Å². The number of hydrogen-bond donors (Lipinski definition) is 1. The van der Waals surface area contributed by atoms with Gasteiger partial charge in [0.1, 0.15) is 10.7 Å². The number of aromatic nitrogens is 3. The maximum absolute atomic E-state index is 13.0. The van der Waals surface area contributed by atoms with E-state index in [1.54, 1.807) is 18.4 Å². The molecule has 2 amide bonds. The Labute approximate surface area is 166 Å². The lowest BCUT2D eigenvalue weighted by Gasteiger charge is -2.34. The average molecular weight is 399 g/mol. The number of esters is 1. The zero-order valence-electron chi connectivity index (χ0n) is 15.7. The molecule has 1 fully saturated rings. The standard InChI is InChI=1S/C19H21N5O3S/c1-23-14(18(25)27-2)11-16(22-23)21-19(26)24-10-6-5-8-13(24)17-20-12-7-3-4-9-15(12)28-17/h3-4,7,9,11,13H,5-6,8,10H2,1-2H3,(H,21,22,26). The van der Waals surface area contributed by atoms with Crippen molar-refractivity contribution in [3.63, 3.8) is 0 Å². The molecule has 9 heteroatoms. The number of urea groups is 1. The highest BCUT2D eigenvalue weighted by Gasteiger charge is 2.31. The number of likely N-dealkylation sites (tertiary alicyclic amines) is 1. The quantitative estimate of drug-likeness (QED) is 0.680. The minimum atomic E-state index is -0.499. The van der Waals surface area contributed by atoms with Crippen molar-refractivity contribution in [3.8, 4) is 0 Å². The van der Waals surface area contributed by atoms with Crippen LogP contribution in [0.1, 0.15) is 40.8 Å². The molecule has 1 aliphatic heterocycles. The molecule has 0 saturated carbocycles. The molecule has 28 heavy (non-hydrogen) atoms. The number of fused-ring (bicyclic) bond motifs is 1. The van der Waals surface area contributed by atoms with Crippen molar-refractivity contribution in [3.05, 3.63) is 41.0 Å². The van der Waals surface area contributed by atoms with Gasteiger partial charge in [-0.05, 0) is 31.4 Å². The van der Waals surface area contributed by atoms with Gasteiger partial charge in [0.15, 0.2) is 5.82 Å². The van der Waals surface area contributed by atoms with Crippen molar-refractivity contribution in [2.45, 2.75) is 25.3 Å². The van der Waals surface area contributed by atoms with Gasteiger partial charge in [-0.15, -0.1) is 11.3 Å². The van der Waals surface area contributed by atoms with Crippen molar-refractivity contribution < 1.29 is 14.3 Å². The summed E-state index contributed by atoms with van der Waals surface area (Å²) in [6.07, 6.45) is 2.88. The summed E-state index contributed by atoms with van der Waals surface area (Å²) < 4.78 is 7.24. The number of piperidine rings is 1. The number of carbonyl (C=O) groups excluding carboxylic acids is 2. The zero-order valence-corrected chi connectivity index (χ0v) is 16.5. The predicted octanol–water partition coefficient (Wildman–Crippen LogP) is 3.58. The third-order valence-corrected chi connectivity index (χ3v) is 6.01. The lowest BCUT2D eigenvalue weighted by molar-refractivity contribution is 0.0588. The predicted molar refractivity (Wildman–Crippen MR) is 106 cm³/mol. The lowest BCUT2D eigenvalue weighted by Crippen LogP contribution is -2.41. The highest BCUT2D eigenvalue weighted by Crippen LogP contribution is 2.35. The van der Waals surface area contributed by atoms with Crippen LogP contribution < -0.4 is 5.32 Å². The van der Waals surface area contributed by atoms with Crippen LogP contribution in [0.25, 0.3) is 10.2 Å². The zero-order chi connectivity index (χ0) is 19.7. The molecule has 1 unspecified atom stereocenters.